The zero-order chi connectivity index (χ0) is 27.6. The summed E-state index contributed by atoms with van der Waals surface area (Å²) < 4.78 is 26.9. The molecule has 0 spiro atoms. The highest BCUT2D eigenvalue weighted by molar-refractivity contribution is 6.07. The summed E-state index contributed by atoms with van der Waals surface area (Å²) in [5.41, 5.74) is 5.31. The number of aryl methyl sites for hydroxylation is 2. The van der Waals surface area contributed by atoms with E-state index in [1.807, 2.05) is 43.2 Å². The molecular formula is C33H35FN4O2. The fourth-order valence-corrected chi connectivity index (χ4v) is 6.90. The molecule has 2 fully saturated rings. The Labute approximate surface area is 233 Å². The molecule has 5 aromatic rings. The zero-order valence-corrected chi connectivity index (χ0v) is 23.3. The van der Waals surface area contributed by atoms with Gasteiger partial charge in [-0.3, -0.25) is 4.98 Å². The van der Waals surface area contributed by atoms with Gasteiger partial charge in [0.25, 0.3) is 0 Å². The van der Waals surface area contributed by atoms with E-state index in [-0.39, 0.29) is 23.7 Å². The van der Waals surface area contributed by atoms with Crippen molar-refractivity contribution in [2.75, 3.05) is 13.2 Å². The third-order valence-electron chi connectivity index (χ3n) is 9.18. The van der Waals surface area contributed by atoms with Crippen LogP contribution in [-0.2, 0) is 17.4 Å². The number of ether oxygens (including phenoxy) is 1. The summed E-state index contributed by atoms with van der Waals surface area (Å²) >= 11 is 0. The first kappa shape index (κ1) is 25.4. The number of fused-ring (bicyclic) bond motifs is 3. The first-order valence-corrected chi connectivity index (χ1v) is 14.3. The van der Waals surface area contributed by atoms with E-state index in [4.69, 9.17) is 9.72 Å². The summed E-state index contributed by atoms with van der Waals surface area (Å²) in [5, 5.41) is 12.2. The largest absolute Gasteiger partial charge is 0.385 e. The SMILES string of the molecule is Cc1ncn(C)c1-c1cnc2c3ccc([C@@](C)(O)C4CC4)c(F)c3n([C@H](c3ccccc3)C3CCOCC3)c2c1. The van der Waals surface area contributed by atoms with Crippen LogP contribution in [0.1, 0.15) is 55.5 Å². The number of aromatic nitrogens is 4. The summed E-state index contributed by atoms with van der Waals surface area (Å²) in [7, 11) is 1.98. The first-order chi connectivity index (χ1) is 19.4. The van der Waals surface area contributed by atoms with Crippen molar-refractivity contribution in [3.63, 3.8) is 0 Å². The van der Waals surface area contributed by atoms with Gasteiger partial charge in [0, 0.05) is 43.0 Å². The van der Waals surface area contributed by atoms with Gasteiger partial charge in [0.1, 0.15) is 0 Å². The molecule has 6 nitrogen and oxygen atoms in total. The third kappa shape index (κ3) is 3.98. The van der Waals surface area contributed by atoms with Gasteiger partial charge in [-0.1, -0.05) is 42.5 Å². The summed E-state index contributed by atoms with van der Waals surface area (Å²) in [5.74, 6) is -0.0158. The lowest BCUT2D eigenvalue weighted by molar-refractivity contribution is 0.0297. The van der Waals surface area contributed by atoms with E-state index in [9.17, 15) is 5.11 Å². The molecule has 7 rings (SSSR count). The number of hydrogen-bond acceptors (Lipinski definition) is 4. The highest BCUT2D eigenvalue weighted by atomic mass is 19.1. The van der Waals surface area contributed by atoms with Crippen molar-refractivity contribution in [3.8, 4) is 11.3 Å². The number of halogens is 1. The van der Waals surface area contributed by atoms with Gasteiger partial charge in [0.15, 0.2) is 5.82 Å². The predicted octanol–water partition coefficient (Wildman–Crippen LogP) is 6.67. The Morgan fingerprint density at radius 1 is 1.05 bits per heavy atom. The number of nitrogens with zero attached hydrogens (tertiary/aromatic N) is 4. The molecule has 1 saturated heterocycles. The van der Waals surface area contributed by atoms with E-state index in [1.54, 1.807) is 13.0 Å². The van der Waals surface area contributed by atoms with Gasteiger partial charge in [-0.05, 0) is 63.0 Å². The van der Waals surface area contributed by atoms with Crippen LogP contribution in [0.25, 0.3) is 33.2 Å². The van der Waals surface area contributed by atoms with Gasteiger partial charge >= 0.3 is 0 Å². The van der Waals surface area contributed by atoms with Crippen LogP contribution in [0.3, 0.4) is 0 Å². The molecule has 3 aromatic heterocycles. The topological polar surface area (TPSA) is 65.1 Å². The fourth-order valence-electron chi connectivity index (χ4n) is 6.90. The number of aliphatic hydroxyl groups is 1. The highest BCUT2D eigenvalue weighted by Crippen LogP contribution is 2.48. The highest BCUT2D eigenvalue weighted by Gasteiger charge is 2.43. The summed E-state index contributed by atoms with van der Waals surface area (Å²) in [6.07, 6.45) is 7.28. The Morgan fingerprint density at radius 3 is 2.48 bits per heavy atom. The number of pyridine rings is 1. The van der Waals surface area contributed by atoms with Crippen LogP contribution in [0.15, 0.2) is 61.1 Å². The van der Waals surface area contributed by atoms with Crippen LogP contribution in [0, 0.1) is 24.6 Å². The van der Waals surface area contributed by atoms with Crippen LogP contribution in [-0.4, -0.2) is 37.4 Å². The van der Waals surface area contributed by atoms with Crippen molar-refractivity contribution in [2.24, 2.45) is 18.9 Å². The van der Waals surface area contributed by atoms with Crippen LogP contribution >= 0.6 is 0 Å². The average molecular weight is 539 g/mol. The summed E-state index contributed by atoms with van der Waals surface area (Å²) in [6, 6.07) is 16.2. The number of benzene rings is 2. The Hall–Kier alpha value is -3.55. The van der Waals surface area contributed by atoms with E-state index in [0.717, 1.165) is 64.6 Å². The number of hydrogen-bond donors (Lipinski definition) is 1. The van der Waals surface area contributed by atoms with Crippen molar-refractivity contribution in [1.29, 1.82) is 0 Å². The van der Waals surface area contributed by atoms with Gasteiger partial charge < -0.3 is 19.0 Å². The molecule has 1 N–H and O–H groups in total. The normalized spacial score (nSPS) is 18.8. The van der Waals surface area contributed by atoms with E-state index in [0.29, 0.717) is 24.3 Å². The van der Waals surface area contributed by atoms with Crippen molar-refractivity contribution >= 4 is 21.9 Å². The van der Waals surface area contributed by atoms with E-state index in [2.05, 4.69) is 39.9 Å². The molecular weight excluding hydrogens is 503 g/mol. The molecule has 206 valence electrons. The maximum Gasteiger partial charge on any atom is 0.153 e. The van der Waals surface area contributed by atoms with Gasteiger partial charge in [-0.2, -0.15) is 0 Å². The molecule has 0 amide bonds. The molecule has 2 aromatic carbocycles. The molecule has 0 radical (unpaired) electrons. The molecule has 0 unspecified atom stereocenters. The second-order valence-electron chi connectivity index (χ2n) is 11.8. The van der Waals surface area contributed by atoms with E-state index in [1.165, 1.54) is 0 Å². The second-order valence-corrected chi connectivity index (χ2v) is 11.8. The molecule has 7 heteroatoms. The maximum absolute atomic E-state index is 16.9. The van der Waals surface area contributed by atoms with Gasteiger partial charge in [-0.25, -0.2) is 9.37 Å². The second kappa shape index (κ2) is 9.53. The molecule has 40 heavy (non-hydrogen) atoms. The quantitative estimate of drug-likeness (QED) is 0.262. The minimum atomic E-state index is -1.22. The van der Waals surface area contributed by atoms with Crippen molar-refractivity contribution in [3.05, 3.63) is 83.7 Å². The zero-order valence-electron chi connectivity index (χ0n) is 23.3. The van der Waals surface area contributed by atoms with Crippen molar-refractivity contribution < 1.29 is 14.2 Å². The molecule has 2 atom stereocenters. The van der Waals surface area contributed by atoms with Crippen LogP contribution in [0.4, 0.5) is 4.39 Å². The van der Waals surface area contributed by atoms with Gasteiger partial charge in [-0.15, -0.1) is 0 Å². The minimum Gasteiger partial charge on any atom is -0.385 e. The number of rotatable bonds is 6. The molecule has 1 aliphatic heterocycles. The van der Waals surface area contributed by atoms with Gasteiger partial charge in [0.05, 0.1) is 45.9 Å². The average Bonchev–Trinajstić information content (AvgIpc) is 3.72. The van der Waals surface area contributed by atoms with Gasteiger partial charge in [0.2, 0.25) is 0 Å². The Morgan fingerprint density at radius 2 is 1.80 bits per heavy atom. The lowest BCUT2D eigenvalue weighted by Crippen LogP contribution is -2.28. The van der Waals surface area contributed by atoms with Crippen LogP contribution < -0.4 is 0 Å². The van der Waals surface area contributed by atoms with E-state index >= 15 is 4.39 Å². The lowest BCUT2D eigenvalue weighted by Gasteiger charge is -2.33. The molecule has 4 heterocycles. The monoisotopic (exact) mass is 538 g/mol. The summed E-state index contributed by atoms with van der Waals surface area (Å²) in [4.78, 5) is 9.45. The lowest BCUT2D eigenvalue weighted by atomic mass is 9.86. The predicted molar refractivity (Wildman–Crippen MR) is 155 cm³/mol. The van der Waals surface area contributed by atoms with Crippen molar-refractivity contribution in [2.45, 2.75) is 51.2 Å². The Kier molecular flexibility index (Phi) is 6.06. The van der Waals surface area contributed by atoms with Crippen molar-refractivity contribution in [1.82, 2.24) is 19.1 Å². The first-order valence-electron chi connectivity index (χ1n) is 14.3. The Bertz CT molecular complexity index is 1690. The third-order valence-corrected chi connectivity index (χ3v) is 9.18. The smallest absolute Gasteiger partial charge is 0.153 e. The molecule has 0 bridgehead atoms. The number of imidazole rings is 1. The summed E-state index contributed by atoms with van der Waals surface area (Å²) in [6.45, 7) is 5.13. The molecule has 1 saturated carbocycles. The fraction of sp³-hybridized carbons (Fsp3) is 0.394. The van der Waals surface area contributed by atoms with Crippen LogP contribution in [0.2, 0.25) is 0 Å². The van der Waals surface area contributed by atoms with Crippen LogP contribution in [0.5, 0.6) is 0 Å². The Balaban J connectivity index is 1.57. The minimum absolute atomic E-state index is 0.0789. The molecule has 1 aliphatic carbocycles. The standard InChI is InChI=1S/C33H35FN4O2/c1-20-30(37(3)19-36-20)23-17-27-29(35-18-23)25-11-12-26(33(2,39)24-9-10-24)28(34)32(25)38(27)31(21-7-5-4-6-8-21)22-13-15-40-16-14-22/h4-8,11-12,17-19,22,24,31,39H,9-10,13-16H2,1-3H3/t31-,33+/m1/s1. The maximum atomic E-state index is 16.9. The van der Waals surface area contributed by atoms with E-state index < -0.39 is 5.60 Å². The molecule has 2 aliphatic rings.